The van der Waals surface area contributed by atoms with Gasteiger partial charge in [-0.05, 0) is 45.7 Å². The van der Waals surface area contributed by atoms with Gasteiger partial charge < -0.3 is 5.11 Å². The molecule has 0 bridgehead atoms. The molecule has 0 saturated heterocycles. The molecule has 3 aromatic rings. The molecule has 0 spiro atoms. The average Bonchev–Trinajstić information content (AvgIpc) is 2.45. The molecule has 18 heavy (non-hydrogen) atoms. The number of hydrogen-bond acceptors (Lipinski definition) is 1. The SMILES string of the molecule is C/C(=C\O)c1cc2ccccc2c2ccccc12. The molecule has 1 heteroatoms. The Hall–Kier alpha value is -2.28. The molecule has 0 aliphatic rings. The van der Waals surface area contributed by atoms with Gasteiger partial charge in [0, 0.05) is 0 Å². The zero-order valence-corrected chi connectivity index (χ0v) is 10.2. The molecule has 0 fully saturated rings. The summed E-state index contributed by atoms with van der Waals surface area (Å²) in [5.41, 5.74) is 1.98. The van der Waals surface area contributed by atoms with Crippen molar-refractivity contribution in [1.29, 1.82) is 0 Å². The minimum absolute atomic E-state index is 0.886. The average molecular weight is 234 g/mol. The van der Waals surface area contributed by atoms with Crippen molar-refractivity contribution in [1.82, 2.24) is 0 Å². The lowest BCUT2D eigenvalue weighted by Crippen LogP contribution is -1.86. The topological polar surface area (TPSA) is 20.2 Å². The van der Waals surface area contributed by atoms with Crippen molar-refractivity contribution in [3.63, 3.8) is 0 Å². The first-order valence-corrected chi connectivity index (χ1v) is 6.03. The second-order valence-corrected chi connectivity index (χ2v) is 4.50. The highest BCUT2D eigenvalue weighted by Gasteiger charge is 2.07. The van der Waals surface area contributed by atoms with Crippen molar-refractivity contribution >= 4 is 27.1 Å². The Morgan fingerprint density at radius 1 is 0.889 bits per heavy atom. The number of benzene rings is 3. The lowest BCUT2D eigenvalue weighted by atomic mass is 9.94. The number of allylic oxidation sites excluding steroid dienone is 1. The molecule has 3 rings (SSSR count). The highest BCUT2D eigenvalue weighted by Crippen LogP contribution is 2.31. The van der Waals surface area contributed by atoms with E-state index in [0.717, 1.165) is 11.1 Å². The molecule has 0 heterocycles. The first kappa shape index (κ1) is 10.8. The van der Waals surface area contributed by atoms with E-state index in [1.54, 1.807) is 0 Å². The van der Waals surface area contributed by atoms with E-state index < -0.39 is 0 Å². The van der Waals surface area contributed by atoms with Crippen LogP contribution in [0.5, 0.6) is 0 Å². The molecule has 0 amide bonds. The van der Waals surface area contributed by atoms with E-state index in [9.17, 15) is 5.11 Å². The Bertz CT molecular complexity index is 754. The van der Waals surface area contributed by atoms with Crippen LogP contribution in [0.25, 0.3) is 27.1 Å². The number of fused-ring (bicyclic) bond motifs is 3. The maximum atomic E-state index is 9.26. The summed E-state index contributed by atoms with van der Waals surface area (Å²) in [7, 11) is 0. The van der Waals surface area contributed by atoms with E-state index in [-0.39, 0.29) is 0 Å². The molecule has 3 aromatic carbocycles. The predicted molar refractivity (Wildman–Crippen MR) is 77.7 cm³/mol. The van der Waals surface area contributed by atoms with Gasteiger partial charge in [0.15, 0.2) is 0 Å². The summed E-state index contributed by atoms with van der Waals surface area (Å²) in [6.07, 6.45) is 1.18. The first-order valence-electron chi connectivity index (χ1n) is 6.03. The zero-order valence-electron chi connectivity index (χ0n) is 10.2. The largest absolute Gasteiger partial charge is 0.515 e. The van der Waals surface area contributed by atoms with E-state index in [4.69, 9.17) is 0 Å². The van der Waals surface area contributed by atoms with E-state index >= 15 is 0 Å². The highest BCUT2D eigenvalue weighted by molar-refractivity contribution is 6.11. The van der Waals surface area contributed by atoms with Gasteiger partial charge in [-0.2, -0.15) is 0 Å². The van der Waals surface area contributed by atoms with E-state index in [2.05, 4.69) is 42.5 Å². The molecule has 0 atom stereocenters. The van der Waals surface area contributed by atoms with E-state index in [1.165, 1.54) is 27.8 Å². The van der Waals surface area contributed by atoms with Gasteiger partial charge >= 0.3 is 0 Å². The van der Waals surface area contributed by atoms with Crippen LogP contribution >= 0.6 is 0 Å². The molecule has 0 radical (unpaired) electrons. The Labute approximate surface area is 106 Å². The molecule has 0 aliphatic heterocycles. The van der Waals surface area contributed by atoms with Gasteiger partial charge in [-0.3, -0.25) is 0 Å². The van der Waals surface area contributed by atoms with Crippen molar-refractivity contribution in [3.8, 4) is 0 Å². The van der Waals surface area contributed by atoms with E-state index in [0.29, 0.717) is 0 Å². The van der Waals surface area contributed by atoms with Gasteiger partial charge in [-0.15, -0.1) is 0 Å². The molecular weight excluding hydrogens is 220 g/mol. The number of hydrogen-bond donors (Lipinski definition) is 1. The zero-order chi connectivity index (χ0) is 12.5. The fraction of sp³-hybridized carbons (Fsp3) is 0.0588. The van der Waals surface area contributed by atoms with Gasteiger partial charge in [0.1, 0.15) is 0 Å². The molecule has 0 aromatic heterocycles. The molecular formula is C17H14O. The summed E-state index contributed by atoms with van der Waals surface area (Å²) in [4.78, 5) is 0. The molecule has 1 N–H and O–H groups in total. The molecule has 0 saturated carbocycles. The quantitative estimate of drug-likeness (QED) is 0.468. The predicted octanol–water partition coefficient (Wildman–Crippen LogP) is 4.91. The Kier molecular flexibility index (Phi) is 2.52. The van der Waals surface area contributed by atoms with Gasteiger partial charge in [0.25, 0.3) is 0 Å². The first-order chi connectivity index (χ1) is 8.81. The summed E-state index contributed by atoms with van der Waals surface area (Å²) in [5, 5.41) is 14.1. The summed E-state index contributed by atoms with van der Waals surface area (Å²) in [6, 6.07) is 18.8. The Balaban J connectivity index is 2.55. The van der Waals surface area contributed by atoms with Crippen LogP contribution in [0.3, 0.4) is 0 Å². The second kappa shape index (κ2) is 4.19. The molecule has 0 unspecified atom stereocenters. The maximum Gasteiger partial charge on any atom is 0.0827 e. The van der Waals surface area contributed by atoms with Crippen molar-refractivity contribution in [2.45, 2.75) is 6.92 Å². The second-order valence-electron chi connectivity index (χ2n) is 4.50. The summed E-state index contributed by atoms with van der Waals surface area (Å²) >= 11 is 0. The number of aliphatic hydroxyl groups is 1. The number of rotatable bonds is 1. The van der Waals surface area contributed by atoms with Crippen molar-refractivity contribution in [2.24, 2.45) is 0 Å². The van der Waals surface area contributed by atoms with Crippen LogP contribution in [0.2, 0.25) is 0 Å². The molecule has 1 nitrogen and oxygen atoms in total. The number of aliphatic hydroxyl groups excluding tert-OH is 1. The Morgan fingerprint density at radius 3 is 2.22 bits per heavy atom. The third kappa shape index (κ3) is 1.56. The normalized spacial score (nSPS) is 12.2. The minimum atomic E-state index is 0.886. The van der Waals surface area contributed by atoms with Crippen molar-refractivity contribution in [2.75, 3.05) is 0 Å². The van der Waals surface area contributed by atoms with Crippen LogP contribution in [-0.4, -0.2) is 5.11 Å². The van der Waals surface area contributed by atoms with E-state index in [1.807, 2.05) is 19.1 Å². The summed E-state index contributed by atoms with van der Waals surface area (Å²) < 4.78 is 0. The van der Waals surface area contributed by atoms with Crippen LogP contribution in [-0.2, 0) is 0 Å². The lowest BCUT2D eigenvalue weighted by molar-refractivity contribution is 0.475. The third-order valence-corrected chi connectivity index (χ3v) is 3.39. The van der Waals surface area contributed by atoms with Crippen molar-refractivity contribution in [3.05, 3.63) is 66.4 Å². The smallest absolute Gasteiger partial charge is 0.0827 e. The summed E-state index contributed by atoms with van der Waals surface area (Å²) in [6.45, 7) is 1.93. The van der Waals surface area contributed by atoms with Gasteiger partial charge in [0.05, 0.1) is 6.26 Å². The maximum absolute atomic E-state index is 9.26. The summed E-state index contributed by atoms with van der Waals surface area (Å²) in [5.74, 6) is 0. The highest BCUT2D eigenvalue weighted by atomic mass is 16.2. The lowest BCUT2D eigenvalue weighted by Gasteiger charge is -2.10. The van der Waals surface area contributed by atoms with Gasteiger partial charge in [0.2, 0.25) is 0 Å². The van der Waals surface area contributed by atoms with Gasteiger partial charge in [-0.25, -0.2) is 0 Å². The fourth-order valence-electron chi connectivity index (χ4n) is 2.45. The standard InChI is InChI=1S/C17H14O/c1-12(11-18)17-10-13-6-2-3-7-14(13)15-8-4-5-9-16(15)17/h2-11,18H,1H3/b12-11+. The van der Waals surface area contributed by atoms with Crippen LogP contribution in [0.15, 0.2) is 60.9 Å². The van der Waals surface area contributed by atoms with Crippen LogP contribution in [0.1, 0.15) is 12.5 Å². The van der Waals surface area contributed by atoms with Crippen LogP contribution in [0, 0.1) is 0 Å². The van der Waals surface area contributed by atoms with Crippen LogP contribution in [0.4, 0.5) is 0 Å². The molecule has 88 valence electrons. The fourth-order valence-corrected chi connectivity index (χ4v) is 2.45. The minimum Gasteiger partial charge on any atom is -0.515 e. The third-order valence-electron chi connectivity index (χ3n) is 3.39. The van der Waals surface area contributed by atoms with Crippen LogP contribution < -0.4 is 0 Å². The molecule has 0 aliphatic carbocycles. The van der Waals surface area contributed by atoms with Crippen molar-refractivity contribution < 1.29 is 5.11 Å². The van der Waals surface area contributed by atoms with Gasteiger partial charge in [-0.1, -0.05) is 48.5 Å². The monoisotopic (exact) mass is 234 g/mol. The Morgan fingerprint density at radius 2 is 1.50 bits per heavy atom.